The molecule has 2 aromatic carbocycles. The lowest BCUT2D eigenvalue weighted by Gasteiger charge is -2.34. The van der Waals surface area contributed by atoms with Crippen molar-refractivity contribution in [2.45, 2.75) is 24.7 Å². The molecular formula is C24H24F3N5O7. The molecule has 2 atom stereocenters. The maximum Gasteiger partial charge on any atom is 0.410 e. The summed E-state index contributed by atoms with van der Waals surface area (Å²) in [4.78, 5) is 23.7. The van der Waals surface area contributed by atoms with Crippen LogP contribution in [0.3, 0.4) is 0 Å². The first kappa shape index (κ1) is 27.3. The Morgan fingerprint density at radius 2 is 1.74 bits per heavy atom. The Bertz CT molecular complexity index is 1380. The SMILES string of the molecule is COc1cc(NC(=O)c2cnn3c2N[C@@H](c2cc(OC)c(OC)c(OC)c2)C[C@@H]3C(F)(F)F)cc([N+](=O)[O-])c1. The van der Waals surface area contributed by atoms with Gasteiger partial charge in [0.25, 0.3) is 11.6 Å². The van der Waals surface area contributed by atoms with Gasteiger partial charge in [0.1, 0.15) is 17.1 Å². The maximum atomic E-state index is 14.1. The number of non-ortho nitro benzene ring substituents is 1. The summed E-state index contributed by atoms with van der Waals surface area (Å²) in [6, 6.07) is 3.65. The summed E-state index contributed by atoms with van der Waals surface area (Å²) in [7, 11) is 5.46. The second kappa shape index (κ2) is 10.6. The van der Waals surface area contributed by atoms with E-state index in [1.54, 1.807) is 0 Å². The molecule has 0 saturated carbocycles. The van der Waals surface area contributed by atoms with Crippen LogP contribution in [0.2, 0.25) is 0 Å². The van der Waals surface area contributed by atoms with Crippen molar-refractivity contribution in [3.05, 3.63) is 57.8 Å². The van der Waals surface area contributed by atoms with Crippen LogP contribution in [0.15, 0.2) is 36.5 Å². The smallest absolute Gasteiger partial charge is 0.410 e. The average Bonchev–Trinajstić information content (AvgIpc) is 3.34. The van der Waals surface area contributed by atoms with Gasteiger partial charge in [0.05, 0.1) is 57.4 Å². The molecule has 39 heavy (non-hydrogen) atoms. The molecule has 0 bridgehead atoms. The Balaban J connectivity index is 1.74. The number of methoxy groups -OCH3 is 4. The van der Waals surface area contributed by atoms with Crippen molar-refractivity contribution < 1.29 is 41.8 Å². The predicted molar refractivity (Wildman–Crippen MR) is 132 cm³/mol. The van der Waals surface area contributed by atoms with Crippen LogP contribution in [-0.2, 0) is 0 Å². The third-order valence-electron chi connectivity index (χ3n) is 6.17. The van der Waals surface area contributed by atoms with Crippen molar-refractivity contribution >= 4 is 23.1 Å². The lowest BCUT2D eigenvalue weighted by Crippen LogP contribution is -2.36. The molecule has 0 radical (unpaired) electrons. The fourth-order valence-corrected chi connectivity index (χ4v) is 4.33. The number of fused-ring (bicyclic) bond motifs is 1. The highest BCUT2D eigenvalue weighted by Crippen LogP contribution is 2.47. The van der Waals surface area contributed by atoms with Gasteiger partial charge in [-0.2, -0.15) is 18.3 Å². The zero-order valence-electron chi connectivity index (χ0n) is 21.2. The molecule has 2 N–H and O–H groups in total. The zero-order chi connectivity index (χ0) is 28.5. The van der Waals surface area contributed by atoms with Crippen LogP contribution in [0.25, 0.3) is 0 Å². The number of carbonyl (C=O) groups is 1. The Morgan fingerprint density at radius 3 is 2.28 bits per heavy atom. The fraction of sp³-hybridized carbons (Fsp3) is 0.333. The lowest BCUT2D eigenvalue weighted by atomic mass is 9.95. The normalized spacial score (nSPS) is 16.5. The number of carbonyl (C=O) groups excluding carboxylic acids is 1. The van der Waals surface area contributed by atoms with Crippen molar-refractivity contribution in [3.63, 3.8) is 0 Å². The summed E-state index contributed by atoms with van der Waals surface area (Å²) >= 11 is 0. The van der Waals surface area contributed by atoms with Gasteiger partial charge in [0.2, 0.25) is 5.75 Å². The fourth-order valence-electron chi connectivity index (χ4n) is 4.33. The molecule has 2 heterocycles. The van der Waals surface area contributed by atoms with Crippen LogP contribution in [0, 0.1) is 10.1 Å². The van der Waals surface area contributed by atoms with E-state index in [1.165, 1.54) is 46.6 Å². The number of nitro groups is 1. The minimum atomic E-state index is -4.69. The van der Waals surface area contributed by atoms with Gasteiger partial charge in [-0.1, -0.05) is 0 Å². The quantitative estimate of drug-likeness (QED) is 0.300. The largest absolute Gasteiger partial charge is 0.496 e. The molecule has 1 aliphatic rings. The highest BCUT2D eigenvalue weighted by atomic mass is 19.4. The first-order valence-electron chi connectivity index (χ1n) is 11.4. The number of ether oxygens (including phenoxy) is 4. The van der Waals surface area contributed by atoms with Crippen LogP contribution < -0.4 is 29.6 Å². The molecule has 0 fully saturated rings. The molecule has 0 spiro atoms. The highest BCUT2D eigenvalue weighted by molar-refractivity contribution is 6.07. The molecule has 3 aromatic rings. The molecule has 0 unspecified atom stereocenters. The van der Waals surface area contributed by atoms with Gasteiger partial charge >= 0.3 is 6.18 Å². The zero-order valence-corrected chi connectivity index (χ0v) is 21.2. The minimum absolute atomic E-state index is 0.00959. The Morgan fingerprint density at radius 1 is 1.08 bits per heavy atom. The van der Waals surface area contributed by atoms with E-state index in [-0.39, 0.29) is 45.8 Å². The monoisotopic (exact) mass is 551 g/mol. The first-order valence-corrected chi connectivity index (χ1v) is 11.4. The number of nitro benzene ring substituents is 1. The van der Waals surface area contributed by atoms with Gasteiger partial charge in [0.15, 0.2) is 17.5 Å². The highest BCUT2D eigenvalue weighted by Gasteiger charge is 2.47. The molecule has 1 amide bonds. The van der Waals surface area contributed by atoms with Gasteiger partial charge in [-0.25, -0.2) is 4.68 Å². The van der Waals surface area contributed by atoms with Gasteiger partial charge in [0, 0.05) is 18.6 Å². The van der Waals surface area contributed by atoms with Crippen LogP contribution >= 0.6 is 0 Å². The van der Waals surface area contributed by atoms with Gasteiger partial charge < -0.3 is 29.6 Å². The minimum Gasteiger partial charge on any atom is -0.496 e. The Kier molecular flexibility index (Phi) is 7.42. The summed E-state index contributed by atoms with van der Waals surface area (Å²) in [5.74, 6) is -0.156. The van der Waals surface area contributed by atoms with Crippen molar-refractivity contribution in [1.29, 1.82) is 0 Å². The summed E-state index contributed by atoms with van der Waals surface area (Å²) in [6.45, 7) is 0. The number of hydrogen-bond donors (Lipinski definition) is 2. The molecule has 208 valence electrons. The summed E-state index contributed by atoms with van der Waals surface area (Å²) in [5, 5.41) is 20.5. The maximum absolute atomic E-state index is 14.1. The summed E-state index contributed by atoms with van der Waals surface area (Å²) < 4.78 is 64.1. The molecule has 1 aliphatic heterocycles. The van der Waals surface area contributed by atoms with Crippen molar-refractivity contribution in [1.82, 2.24) is 9.78 Å². The van der Waals surface area contributed by atoms with Crippen LogP contribution in [0.1, 0.15) is 34.4 Å². The van der Waals surface area contributed by atoms with Crippen molar-refractivity contribution in [2.24, 2.45) is 0 Å². The van der Waals surface area contributed by atoms with E-state index in [4.69, 9.17) is 18.9 Å². The van der Waals surface area contributed by atoms with E-state index in [1.807, 2.05) is 0 Å². The number of rotatable bonds is 8. The summed E-state index contributed by atoms with van der Waals surface area (Å²) in [5.41, 5.74) is -0.150. The van der Waals surface area contributed by atoms with Crippen LogP contribution in [0.5, 0.6) is 23.0 Å². The number of alkyl halides is 3. The third kappa shape index (κ3) is 5.32. The number of aromatic nitrogens is 2. The topological polar surface area (TPSA) is 139 Å². The molecule has 1 aromatic heterocycles. The van der Waals surface area contributed by atoms with Gasteiger partial charge in [-0.3, -0.25) is 14.9 Å². The number of nitrogens with one attached hydrogen (secondary N) is 2. The van der Waals surface area contributed by atoms with E-state index in [0.717, 1.165) is 18.3 Å². The molecule has 15 heteroatoms. The summed E-state index contributed by atoms with van der Waals surface area (Å²) in [6.07, 6.45) is -4.13. The number of amides is 1. The lowest BCUT2D eigenvalue weighted by molar-refractivity contribution is -0.384. The number of anilines is 2. The van der Waals surface area contributed by atoms with Crippen LogP contribution in [-0.4, -0.2) is 55.2 Å². The van der Waals surface area contributed by atoms with E-state index in [2.05, 4.69) is 15.7 Å². The van der Waals surface area contributed by atoms with Crippen molar-refractivity contribution in [3.8, 4) is 23.0 Å². The second-order valence-electron chi connectivity index (χ2n) is 8.43. The number of benzene rings is 2. The van der Waals surface area contributed by atoms with E-state index in [0.29, 0.717) is 10.2 Å². The number of hydrogen-bond acceptors (Lipinski definition) is 9. The van der Waals surface area contributed by atoms with Gasteiger partial charge in [-0.05, 0) is 17.7 Å². The molecule has 0 saturated heterocycles. The Labute approximate surface area is 219 Å². The number of nitrogens with zero attached hydrogens (tertiary/aromatic N) is 3. The average molecular weight is 551 g/mol. The molecular weight excluding hydrogens is 527 g/mol. The Hall–Kier alpha value is -4.69. The standard InChI is InChI=1S/C24H24F3N5O7/c1-36-15-8-13(7-14(9-15)32(34)35)29-23(33)16-11-28-31-20(24(25,26)27)10-17(30-22(16)31)12-5-18(37-2)21(39-4)19(6-12)38-3/h5-9,11,17,20,30H,10H2,1-4H3,(H,29,33)/t17-,20-/m1/s1. The second-order valence-corrected chi connectivity index (χ2v) is 8.43. The van der Waals surface area contributed by atoms with E-state index < -0.39 is 35.5 Å². The number of halogens is 3. The molecule has 12 nitrogen and oxygen atoms in total. The van der Waals surface area contributed by atoms with E-state index in [9.17, 15) is 28.1 Å². The third-order valence-corrected chi connectivity index (χ3v) is 6.17. The van der Waals surface area contributed by atoms with Crippen LogP contribution in [0.4, 0.5) is 30.4 Å². The molecule has 0 aliphatic carbocycles. The molecule has 4 rings (SSSR count). The van der Waals surface area contributed by atoms with Crippen molar-refractivity contribution in [2.75, 3.05) is 39.1 Å². The van der Waals surface area contributed by atoms with E-state index >= 15 is 0 Å². The predicted octanol–water partition coefficient (Wildman–Crippen LogP) is 4.74. The van der Waals surface area contributed by atoms with Gasteiger partial charge in [-0.15, -0.1) is 0 Å². The first-order chi connectivity index (χ1) is 18.5.